The van der Waals surface area contributed by atoms with E-state index < -0.39 is 9.84 Å². The first-order valence-electron chi connectivity index (χ1n) is 4.32. The van der Waals surface area contributed by atoms with Crippen LogP contribution in [0.3, 0.4) is 0 Å². The third-order valence-electron chi connectivity index (χ3n) is 1.87. The highest BCUT2D eigenvalue weighted by Crippen LogP contribution is 2.15. The van der Waals surface area contributed by atoms with Crippen molar-refractivity contribution in [2.24, 2.45) is 5.92 Å². The molecule has 0 aliphatic carbocycles. The summed E-state index contributed by atoms with van der Waals surface area (Å²) < 4.78 is 22.0. The van der Waals surface area contributed by atoms with Crippen LogP contribution < -0.4 is 0 Å². The summed E-state index contributed by atoms with van der Waals surface area (Å²) in [7, 11) is -2.99. The Morgan fingerprint density at radius 1 is 1.57 bits per heavy atom. The first-order chi connectivity index (χ1) is 6.51. The van der Waals surface area contributed by atoms with Crippen LogP contribution in [0.25, 0.3) is 0 Å². The van der Waals surface area contributed by atoms with Crippen molar-refractivity contribution in [2.75, 3.05) is 18.6 Å². The quantitative estimate of drug-likeness (QED) is 0.825. The largest absolute Gasteiger partial charge is 0.396 e. The van der Waals surface area contributed by atoms with Crippen LogP contribution in [0.5, 0.6) is 0 Å². The van der Waals surface area contributed by atoms with E-state index in [1.165, 1.54) is 6.26 Å². The molecule has 0 aromatic carbocycles. The molecule has 0 saturated carbocycles. The zero-order valence-corrected chi connectivity index (χ0v) is 9.64. The number of sulfone groups is 1. The maximum atomic E-state index is 11.0. The molecule has 14 heavy (non-hydrogen) atoms. The molecule has 5 heteroatoms. The lowest BCUT2D eigenvalue weighted by atomic mass is 10.1. The normalized spacial score (nSPS) is 14.1. The van der Waals surface area contributed by atoms with Gasteiger partial charge in [0.2, 0.25) is 0 Å². The van der Waals surface area contributed by atoms with Crippen LogP contribution in [-0.2, 0) is 16.3 Å². The molecule has 1 unspecified atom stereocenters. The fourth-order valence-electron chi connectivity index (χ4n) is 1.32. The van der Waals surface area contributed by atoms with E-state index in [1.807, 2.05) is 17.5 Å². The lowest BCUT2D eigenvalue weighted by Gasteiger charge is -2.10. The third kappa shape index (κ3) is 4.21. The van der Waals surface area contributed by atoms with Gasteiger partial charge in [-0.05, 0) is 17.9 Å². The van der Waals surface area contributed by atoms with Crippen molar-refractivity contribution in [3.63, 3.8) is 0 Å². The fourth-order valence-corrected chi connectivity index (χ4v) is 3.22. The first-order valence-corrected chi connectivity index (χ1v) is 7.26. The smallest absolute Gasteiger partial charge is 0.147 e. The number of hydrogen-bond acceptors (Lipinski definition) is 4. The Hall–Kier alpha value is -0.390. The molecule has 1 aromatic heterocycles. The van der Waals surface area contributed by atoms with Gasteiger partial charge in [-0.15, -0.1) is 11.3 Å². The number of aliphatic hydroxyl groups is 1. The molecule has 0 radical (unpaired) electrons. The van der Waals surface area contributed by atoms with Gasteiger partial charge in [0.25, 0.3) is 0 Å². The average molecular weight is 234 g/mol. The predicted octanol–water partition coefficient (Wildman–Crippen LogP) is 0.944. The van der Waals surface area contributed by atoms with Gasteiger partial charge in [0, 0.05) is 23.7 Å². The molecule has 0 aliphatic rings. The molecule has 1 aromatic rings. The maximum absolute atomic E-state index is 11.0. The van der Waals surface area contributed by atoms with Gasteiger partial charge in [-0.1, -0.05) is 6.07 Å². The summed E-state index contributed by atoms with van der Waals surface area (Å²) in [6.07, 6.45) is 1.84. The Balaban J connectivity index is 2.56. The molecule has 0 bridgehead atoms. The van der Waals surface area contributed by atoms with Crippen LogP contribution in [-0.4, -0.2) is 32.1 Å². The summed E-state index contributed by atoms with van der Waals surface area (Å²) in [5.74, 6) is -0.120. The van der Waals surface area contributed by atoms with E-state index in [1.54, 1.807) is 11.3 Å². The highest BCUT2D eigenvalue weighted by molar-refractivity contribution is 7.90. The fraction of sp³-hybridized carbons (Fsp3) is 0.556. The Labute approximate surface area is 88.3 Å². The van der Waals surface area contributed by atoms with Gasteiger partial charge >= 0.3 is 0 Å². The van der Waals surface area contributed by atoms with Gasteiger partial charge in [0.05, 0.1) is 5.75 Å². The second-order valence-electron chi connectivity index (χ2n) is 3.42. The van der Waals surface area contributed by atoms with Crippen molar-refractivity contribution >= 4 is 21.2 Å². The summed E-state index contributed by atoms with van der Waals surface area (Å²) in [4.78, 5) is 1.12. The standard InChI is InChI=1S/C9H14O3S2/c1-14(11,12)7-8(6-10)5-9-3-2-4-13-9/h2-4,8,10H,5-7H2,1H3. The maximum Gasteiger partial charge on any atom is 0.147 e. The van der Waals surface area contributed by atoms with Gasteiger partial charge in [0.1, 0.15) is 9.84 Å². The van der Waals surface area contributed by atoms with Gasteiger partial charge in [-0.3, -0.25) is 0 Å². The van der Waals surface area contributed by atoms with Crippen molar-refractivity contribution in [1.29, 1.82) is 0 Å². The van der Waals surface area contributed by atoms with Gasteiger partial charge < -0.3 is 5.11 Å². The second-order valence-corrected chi connectivity index (χ2v) is 6.64. The summed E-state index contributed by atoms with van der Waals surface area (Å²) in [5.41, 5.74) is 0. The van der Waals surface area contributed by atoms with Crippen molar-refractivity contribution in [1.82, 2.24) is 0 Å². The van der Waals surface area contributed by atoms with Crippen LogP contribution in [0.2, 0.25) is 0 Å². The Kier molecular flexibility index (Phi) is 4.10. The molecule has 0 aliphatic heterocycles. The molecular weight excluding hydrogens is 220 g/mol. The van der Waals surface area contributed by atoms with E-state index in [0.29, 0.717) is 6.42 Å². The summed E-state index contributed by atoms with van der Waals surface area (Å²) >= 11 is 1.59. The molecule has 3 nitrogen and oxygen atoms in total. The van der Waals surface area contributed by atoms with Gasteiger partial charge in [-0.25, -0.2) is 8.42 Å². The number of aliphatic hydroxyl groups excluding tert-OH is 1. The summed E-state index contributed by atoms with van der Waals surface area (Å²) in [6, 6.07) is 3.88. The zero-order chi connectivity index (χ0) is 10.6. The topological polar surface area (TPSA) is 54.4 Å². The Bertz CT molecular complexity index is 353. The molecular formula is C9H14O3S2. The molecule has 1 rings (SSSR count). The highest BCUT2D eigenvalue weighted by Gasteiger charge is 2.15. The molecule has 1 atom stereocenters. The third-order valence-corrected chi connectivity index (χ3v) is 3.84. The van der Waals surface area contributed by atoms with E-state index in [2.05, 4.69) is 0 Å². The second kappa shape index (κ2) is 4.91. The molecule has 80 valence electrons. The van der Waals surface area contributed by atoms with Crippen molar-refractivity contribution in [3.8, 4) is 0 Å². The highest BCUT2D eigenvalue weighted by atomic mass is 32.2. The van der Waals surface area contributed by atoms with Gasteiger partial charge in [-0.2, -0.15) is 0 Å². The minimum Gasteiger partial charge on any atom is -0.396 e. The minimum absolute atomic E-state index is 0.0569. The number of thiophene rings is 1. The minimum atomic E-state index is -2.99. The van der Waals surface area contributed by atoms with Crippen molar-refractivity contribution in [2.45, 2.75) is 6.42 Å². The summed E-state index contributed by atoms with van der Waals surface area (Å²) in [6.45, 7) is -0.0784. The SMILES string of the molecule is CS(=O)(=O)CC(CO)Cc1cccs1. The zero-order valence-electron chi connectivity index (χ0n) is 8.01. The van der Waals surface area contributed by atoms with Crippen LogP contribution in [0, 0.1) is 5.92 Å². The lowest BCUT2D eigenvalue weighted by molar-refractivity contribution is 0.239. The molecule has 0 amide bonds. The van der Waals surface area contributed by atoms with Crippen LogP contribution in [0.4, 0.5) is 0 Å². The van der Waals surface area contributed by atoms with Crippen molar-refractivity contribution in [3.05, 3.63) is 22.4 Å². The molecule has 0 fully saturated rings. The van der Waals surface area contributed by atoms with E-state index in [4.69, 9.17) is 5.11 Å². The van der Waals surface area contributed by atoms with E-state index in [-0.39, 0.29) is 18.3 Å². The average Bonchev–Trinajstić information content (AvgIpc) is 2.53. The number of hydrogen-bond donors (Lipinski definition) is 1. The Morgan fingerprint density at radius 3 is 2.71 bits per heavy atom. The van der Waals surface area contributed by atoms with E-state index in [9.17, 15) is 8.42 Å². The van der Waals surface area contributed by atoms with Crippen LogP contribution in [0.15, 0.2) is 17.5 Å². The number of rotatable bonds is 5. The van der Waals surface area contributed by atoms with Crippen LogP contribution in [0.1, 0.15) is 4.88 Å². The molecule has 0 spiro atoms. The molecule has 1 heterocycles. The van der Waals surface area contributed by atoms with Gasteiger partial charge in [0.15, 0.2) is 0 Å². The van der Waals surface area contributed by atoms with Crippen LogP contribution >= 0.6 is 11.3 Å². The summed E-state index contributed by atoms with van der Waals surface area (Å²) in [5, 5.41) is 11.0. The Morgan fingerprint density at radius 2 is 2.29 bits per heavy atom. The first kappa shape index (κ1) is 11.7. The molecule has 0 saturated heterocycles. The molecule has 1 N–H and O–H groups in total. The van der Waals surface area contributed by atoms with Crippen molar-refractivity contribution < 1.29 is 13.5 Å². The monoisotopic (exact) mass is 234 g/mol. The predicted molar refractivity (Wildman–Crippen MR) is 58.3 cm³/mol. The lowest BCUT2D eigenvalue weighted by Crippen LogP contribution is -2.20. The van der Waals surface area contributed by atoms with E-state index in [0.717, 1.165) is 4.88 Å². The van der Waals surface area contributed by atoms with E-state index >= 15 is 0 Å².